The second-order valence-corrected chi connectivity index (χ2v) is 6.26. The second kappa shape index (κ2) is 6.34. The Kier molecular flexibility index (Phi) is 5.31. The van der Waals surface area contributed by atoms with Gasteiger partial charge in [-0.05, 0) is 11.8 Å². The van der Waals surface area contributed by atoms with Gasteiger partial charge in [-0.3, -0.25) is 14.5 Å². The molecule has 1 aliphatic rings. The van der Waals surface area contributed by atoms with Crippen molar-refractivity contribution in [3.63, 3.8) is 0 Å². The molecule has 1 saturated heterocycles. The molecule has 19 heavy (non-hydrogen) atoms. The fourth-order valence-corrected chi connectivity index (χ4v) is 2.14. The van der Waals surface area contributed by atoms with Crippen LogP contribution in [0.2, 0.25) is 0 Å². The topological polar surface area (TPSA) is 92.7 Å². The van der Waals surface area contributed by atoms with Gasteiger partial charge in [-0.2, -0.15) is 0 Å². The average molecular weight is 270 g/mol. The van der Waals surface area contributed by atoms with Crippen LogP contribution in [0.25, 0.3) is 0 Å². The smallest absolute Gasteiger partial charge is 0.240 e. The van der Waals surface area contributed by atoms with E-state index < -0.39 is 6.04 Å². The monoisotopic (exact) mass is 270 g/mol. The third-order valence-electron chi connectivity index (χ3n) is 3.48. The number of carbonyl (C=O) groups excluding carboxylic acids is 2. The van der Waals surface area contributed by atoms with Crippen LogP contribution in [0.4, 0.5) is 0 Å². The maximum atomic E-state index is 12.3. The first kappa shape index (κ1) is 15.9. The molecule has 0 radical (unpaired) electrons. The van der Waals surface area contributed by atoms with Crippen molar-refractivity contribution in [1.82, 2.24) is 9.80 Å². The predicted molar refractivity (Wildman–Crippen MR) is 74.3 cm³/mol. The van der Waals surface area contributed by atoms with Gasteiger partial charge in [0.25, 0.3) is 0 Å². The lowest BCUT2D eigenvalue weighted by molar-refractivity contribution is -0.134. The Morgan fingerprint density at radius 3 is 2.32 bits per heavy atom. The van der Waals surface area contributed by atoms with E-state index in [1.54, 1.807) is 4.90 Å². The van der Waals surface area contributed by atoms with Crippen molar-refractivity contribution in [2.45, 2.75) is 33.2 Å². The van der Waals surface area contributed by atoms with E-state index in [9.17, 15) is 9.59 Å². The van der Waals surface area contributed by atoms with E-state index in [0.29, 0.717) is 19.6 Å². The Labute approximate surface area is 115 Å². The molecule has 1 unspecified atom stereocenters. The minimum absolute atomic E-state index is 0.00609. The molecule has 0 aromatic carbocycles. The number of hydrogen-bond donors (Lipinski definition) is 2. The summed E-state index contributed by atoms with van der Waals surface area (Å²) in [5.74, 6) is -0.334. The molecule has 110 valence electrons. The summed E-state index contributed by atoms with van der Waals surface area (Å²) < 4.78 is 0. The fourth-order valence-electron chi connectivity index (χ4n) is 2.14. The molecule has 0 bridgehead atoms. The molecule has 1 fully saturated rings. The number of hydrogen-bond acceptors (Lipinski definition) is 4. The molecule has 1 rings (SSSR count). The zero-order valence-electron chi connectivity index (χ0n) is 12.2. The van der Waals surface area contributed by atoms with Gasteiger partial charge in [0.15, 0.2) is 0 Å². The average Bonchev–Trinajstić information content (AvgIpc) is 2.50. The number of amides is 2. The third kappa shape index (κ3) is 4.80. The van der Waals surface area contributed by atoms with Crippen molar-refractivity contribution in [2.24, 2.45) is 16.9 Å². The molecule has 0 saturated carbocycles. The van der Waals surface area contributed by atoms with E-state index in [1.165, 1.54) is 0 Å². The van der Waals surface area contributed by atoms with E-state index in [2.05, 4.69) is 0 Å². The van der Waals surface area contributed by atoms with Crippen LogP contribution in [-0.4, -0.2) is 60.4 Å². The minimum Gasteiger partial charge on any atom is -0.369 e. The summed E-state index contributed by atoms with van der Waals surface area (Å²) in [6.07, 6.45) is 0.843. The Bertz CT molecular complexity index is 338. The molecular formula is C13H26N4O2. The highest BCUT2D eigenvalue weighted by Gasteiger charge is 2.31. The van der Waals surface area contributed by atoms with Crippen molar-refractivity contribution in [1.29, 1.82) is 0 Å². The highest BCUT2D eigenvalue weighted by molar-refractivity contribution is 5.82. The Morgan fingerprint density at radius 2 is 1.79 bits per heavy atom. The molecule has 6 nitrogen and oxygen atoms in total. The molecule has 1 aliphatic heterocycles. The molecule has 4 N–H and O–H groups in total. The maximum absolute atomic E-state index is 12.3. The van der Waals surface area contributed by atoms with Gasteiger partial charge < -0.3 is 16.4 Å². The first-order valence-corrected chi connectivity index (χ1v) is 6.77. The second-order valence-electron chi connectivity index (χ2n) is 6.26. The highest BCUT2D eigenvalue weighted by Crippen LogP contribution is 2.19. The minimum atomic E-state index is -0.491. The summed E-state index contributed by atoms with van der Waals surface area (Å²) >= 11 is 0. The molecular weight excluding hydrogens is 244 g/mol. The van der Waals surface area contributed by atoms with Crippen LogP contribution < -0.4 is 11.5 Å². The number of rotatable bonds is 3. The summed E-state index contributed by atoms with van der Waals surface area (Å²) in [5.41, 5.74) is 11.0. The van der Waals surface area contributed by atoms with Crippen molar-refractivity contribution >= 4 is 11.8 Å². The number of nitrogens with two attached hydrogens (primary N) is 2. The van der Waals surface area contributed by atoms with Gasteiger partial charge >= 0.3 is 0 Å². The largest absolute Gasteiger partial charge is 0.369 e. The van der Waals surface area contributed by atoms with E-state index in [4.69, 9.17) is 11.5 Å². The van der Waals surface area contributed by atoms with Gasteiger partial charge in [-0.25, -0.2) is 0 Å². The van der Waals surface area contributed by atoms with E-state index in [0.717, 1.165) is 13.0 Å². The Balaban J connectivity index is 2.57. The van der Waals surface area contributed by atoms with Crippen LogP contribution in [-0.2, 0) is 9.59 Å². The summed E-state index contributed by atoms with van der Waals surface area (Å²) in [7, 11) is 0. The van der Waals surface area contributed by atoms with Crippen molar-refractivity contribution in [2.75, 3.05) is 32.7 Å². The number of nitrogens with zero attached hydrogens (tertiary/aromatic N) is 2. The number of carbonyl (C=O) groups is 2. The zero-order valence-corrected chi connectivity index (χ0v) is 12.2. The van der Waals surface area contributed by atoms with Gasteiger partial charge in [0.1, 0.15) is 0 Å². The molecule has 0 spiro atoms. The Morgan fingerprint density at radius 1 is 1.16 bits per heavy atom. The molecule has 0 aliphatic carbocycles. The molecule has 1 atom stereocenters. The lowest BCUT2D eigenvalue weighted by Crippen LogP contribution is -2.51. The highest BCUT2D eigenvalue weighted by atomic mass is 16.2. The van der Waals surface area contributed by atoms with E-state index >= 15 is 0 Å². The predicted octanol–water partition coefficient (Wildman–Crippen LogP) is -0.621. The summed E-state index contributed by atoms with van der Waals surface area (Å²) in [6.45, 7) is 8.91. The van der Waals surface area contributed by atoms with Crippen LogP contribution in [0.5, 0.6) is 0 Å². The van der Waals surface area contributed by atoms with Crippen LogP contribution in [0.15, 0.2) is 0 Å². The Hall–Kier alpha value is -1.14. The van der Waals surface area contributed by atoms with Gasteiger partial charge in [0, 0.05) is 26.2 Å². The van der Waals surface area contributed by atoms with Gasteiger partial charge in [-0.1, -0.05) is 20.8 Å². The van der Waals surface area contributed by atoms with Crippen LogP contribution in [0, 0.1) is 5.41 Å². The van der Waals surface area contributed by atoms with Crippen LogP contribution >= 0.6 is 0 Å². The van der Waals surface area contributed by atoms with E-state index in [-0.39, 0.29) is 23.8 Å². The fraction of sp³-hybridized carbons (Fsp3) is 0.846. The molecule has 0 aromatic rings. The third-order valence-corrected chi connectivity index (χ3v) is 3.48. The SMILES string of the molecule is CC(C)(C)C(N)C(=O)N1CCCN(CC(N)=O)CC1. The van der Waals surface area contributed by atoms with Gasteiger partial charge in [-0.15, -0.1) is 0 Å². The van der Waals surface area contributed by atoms with Crippen LogP contribution in [0.3, 0.4) is 0 Å². The van der Waals surface area contributed by atoms with Crippen molar-refractivity contribution in [3.05, 3.63) is 0 Å². The summed E-state index contributed by atoms with van der Waals surface area (Å²) in [6, 6.07) is -0.491. The first-order valence-electron chi connectivity index (χ1n) is 6.77. The standard InChI is InChI=1S/C13H26N4O2/c1-13(2,3)11(15)12(19)17-6-4-5-16(7-8-17)9-10(14)18/h11H,4-9,15H2,1-3H3,(H2,14,18). The summed E-state index contributed by atoms with van der Waals surface area (Å²) in [4.78, 5) is 27.0. The molecule has 2 amide bonds. The van der Waals surface area contributed by atoms with Crippen molar-refractivity contribution in [3.8, 4) is 0 Å². The maximum Gasteiger partial charge on any atom is 0.240 e. The number of primary amides is 1. The quantitative estimate of drug-likeness (QED) is 0.715. The normalized spacial score (nSPS) is 19.9. The zero-order chi connectivity index (χ0) is 14.6. The lowest BCUT2D eigenvalue weighted by atomic mass is 9.86. The van der Waals surface area contributed by atoms with Crippen molar-refractivity contribution < 1.29 is 9.59 Å². The summed E-state index contributed by atoms with van der Waals surface area (Å²) in [5, 5.41) is 0. The van der Waals surface area contributed by atoms with E-state index in [1.807, 2.05) is 25.7 Å². The molecule has 1 heterocycles. The lowest BCUT2D eigenvalue weighted by Gasteiger charge is -2.31. The first-order chi connectivity index (χ1) is 8.71. The van der Waals surface area contributed by atoms with Crippen LogP contribution in [0.1, 0.15) is 27.2 Å². The van der Waals surface area contributed by atoms with Gasteiger partial charge in [0.2, 0.25) is 11.8 Å². The molecule has 6 heteroatoms. The van der Waals surface area contributed by atoms with Gasteiger partial charge in [0.05, 0.1) is 12.6 Å². The molecule has 0 aromatic heterocycles.